The van der Waals surface area contributed by atoms with Gasteiger partial charge in [-0.3, -0.25) is 4.90 Å². The Balaban J connectivity index is 1.54. The molecule has 1 fully saturated rings. The van der Waals surface area contributed by atoms with Crippen LogP contribution in [0.3, 0.4) is 0 Å². The van der Waals surface area contributed by atoms with E-state index >= 15 is 0 Å². The maximum absolute atomic E-state index is 5.39. The van der Waals surface area contributed by atoms with E-state index in [4.69, 9.17) is 4.74 Å². The Kier molecular flexibility index (Phi) is 5.87. The molecule has 3 nitrogen and oxygen atoms in total. The first-order chi connectivity index (χ1) is 11.2. The zero-order valence-corrected chi connectivity index (χ0v) is 14.6. The van der Waals surface area contributed by atoms with Gasteiger partial charge in [0.2, 0.25) is 0 Å². The molecule has 0 N–H and O–H groups in total. The van der Waals surface area contributed by atoms with Crippen LogP contribution in [0.5, 0.6) is 0 Å². The SMILES string of the molecule is COC1C=CC(CC2CN(CC3=CCCC=C3)CCN2C)=CC1. The summed E-state index contributed by atoms with van der Waals surface area (Å²) in [5, 5.41) is 0. The second kappa shape index (κ2) is 8.09. The van der Waals surface area contributed by atoms with Gasteiger partial charge in [0.05, 0.1) is 6.10 Å². The molecule has 0 aromatic carbocycles. The number of hydrogen-bond donors (Lipinski definition) is 0. The Morgan fingerprint density at radius 1 is 1.13 bits per heavy atom. The number of methoxy groups -OCH3 is 1. The fraction of sp³-hybridized carbons (Fsp3) is 0.600. The minimum absolute atomic E-state index is 0.268. The number of ether oxygens (including phenoxy) is 1. The minimum atomic E-state index is 0.268. The maximum Gasteiger partial charge on any atom is 0.0789 e. The van der Waals surface area contributed by atoms with Crippen LogP contribution < -0.4 is 0 Å². The second-order valence-electron chi connectivity index (χ2n) is 6.98. The lowest BCUT2D eigenvalue weighted by molar-refractivity contribution is 0.103. The molecule has 0 saturated carbocycles. The van der Waals surface area contributed by atoms with Gasteiger partial charge in [-0.1, -0.05) is 42.0 Å². The van der Waals surface area contributed by atoms with Crippen LogP contribution in [-0.2, 0) is 4.74 Å². The van der Waals surface area contributed by atoms with Crippen molar-refractivity contribution in [3.8, 4) is 0 Å². The van der Waals surface area contributed by atoms with Crippen LogP contribution in [-0.4, -0.2) is 62.3 Å². The number of likely N-dealkylation sites (N-methyl/N-ethyl adjacent to an activating group) is 1. The molecule has 2 atom stereocenters. The van der Waals surface area contributed by atoms with Gasteiger partial charge in [-0.15, -0.1) is 0 Å². The topological polar surface area (TPSA) is 15.7 Å². The third-order valence-corrected chi connectivity index (χ3v) is 5.25. The molecule has 0 radical (unpaired) electrons. The number of piperazine rings is 1. The second-order valence-corrected chi connectivity index (χ2v) is 6.98. The average Bonchev–Trinajstić information content (AvgIpc) is 2.59. The molecule has 126 valence electrons. The molecule has 3 rings (SSSR count). The molecule has 0 bridgehead atoms. The predicted octanol–water partition coefficient (Wildman–Crippen LogP) is 3.17. The first kappa shape index (κ1) is 16.7. The van der Waals surface area contributed by atoms with Gasteiger partial charge in [0.15, 0.2) is 0 Å². The lowest BCUT2D eigenvalue weighted by Gasteiger charge is -2.40. The third-order valence-electron chi connectivity index (χ3n) is 5.25. The van der Waals surface area contributed by atoms with Gasteiger partial charge >= 0.3 is 0 Å². The van der Waals surface area contributed by atoms with Crippen LogP contribution in [0.15, 0.2) is 47.6 Å². The van der Waals surface area contributed by atoms with E-state index in [1.807, 2.05) is 0 Å². The van der Waals surface area contributed by atoms with E-state index in [0.29, 0.717) is 6.04 Å². The van der Waals surface area contributed by atoms with Gasteiger partial charge in [0.25, 0.3) is 0 Å². The summed E-state index contributed by atoms with van der Waals surface area (Å²) < 4.78 is 5.39. The van der Waals surface area contributed by atoms with E-state index in [1.165, 1.54) is 43.6 Å². The molecular weight excluding hydrogens is 284 g/mol. The van der Waals surface area contributed by atoms with Gasteiger partial charge in [0.1, 0.15) is 0 Å². The summed E-state index contributed by atoms with van der Waals surface area (Å²) in [4.78, 5) is 5.15. The molecule has 2 unspecified atom stereocenters. The first-order valence-electron chi connectivity index (χ1n) is 8.93. The zero-order valence-electron chi connectivity index (χ0n) is 14.6. The average molecular weight is 314 g/mol. The summed E-state index contributed by atoms with van der Waals surface area (Å²) in [6.45, 7) is 4.63. The summed E-state index contributed by atoms with van der Waals surface area (Å²) in [5.74, 6) is 0. The normalized spacial score (nSPS) is 29.5. The molecule has 3 heteroatoms. The summed E-state index contributed by atoms with van der Waals surface area (Å²) in [6.07, 6.45) is 18.7. The van der Waals surface area contributed by atoms with Crippen molar-refractivity contribution < 1.29 is 4.74 Å². The van der Waals surface area contributed by atoms with Gasteiger partial charge in [0, 0.05) is 39.3 Å². The highest BCUT2D eigenvalue weighted by Gasteiger charge is 2.25. The molecule has 0 aromatic rings. The van der Waals surface area contributed by atoms with Gasteiger partial charge in [-0.2, -0.15) is 0 Å². The number of allylic oxidation sites excluding steroid dienone is 3. The van der Waals surface area contributed by atoms with Crippen molar-refractivity contribution in [3.63, 3.8) is 0 Å². The Morgan fingerprint density at radius 3 is 2.74 bits per heavy atom. The van der Waals surface area contributed by atoms with Crippen molar-refractivity contribution in [2.75, 3.05) is 40.3 Å². The Hall–Kier alpha value is -1.16. The first-order valence-corrected chi connectivity index (χ1v) is 8.93. The fourth-order valence-electron chi connectivity index (χ4n) is 3.66. The van der Waals surface area contributed by atoms with Crippen molar-refractivity contribution in [1.82, 2.24) is 9.80 Å². The lowest BCUT2D eigenvalue weighted by atomic mass is 9.96. The Labute approximate surface area is 141 Å². The van der Waals surface area contributed by atoms with Crippen LogP contribution in [0.2, 0.25) is 0 Å². The highest BCUT2D eigenvalue weighted by atomic mass is 16.5. The molecule has 0 amide bonds. The van der Waals surface area contributed by atoms with Crippen molar-refractivity contribution in [3.05, 3.63) is 47.6 Å². The van der Waals surface area contributed by atoms with Gasteiger partial charge in [-0.25, -0.2) is 0 Å². The van der Waals surface area contributed by atoms with Crippen molar-refractivity contribution in [1.29, 1.82) is 0 Å². The standard InChI is InChI=1S/C20H30N2O/c1-21-12-13-22(15-18-6-4-3-5-7-18)16-19(21)14-17-8-10-20(23-2)11-9-17/h4,6-10,19-20H,3,5,11-16H2,1-2H3. The van der Waals surface area contributed by atoms with Gasteiger partial charge in [-0.05, 0) is 38.3 Å². The predicted molar refractivity (Wildman–Crippen MR) is 96.6 cm³/mol. The van der Waals surface area contributed by atoms with Crippen molar-refractivity contribution in [2.45, 2.75) is 37.8 Å². The van der Waals surface area contributed by atoms with E-state index in [1.54, 1.807) is 7.11 Å². The lowest BCUT2D eigenvalue weighted by Crippen LogP contribution is -2.51. The van der Waals surface area contributed by atoms with E-state index < -0.39 is 0 Å². The molecule has 0 spiro atoms. The largest absolute Gasteiger partial charge is 0.377 e. The summed E-state index contributed by atoms with van der Waals surface area (Å²) >= 11 is 0. The van der Waals surface area contributed by atoms with Crippen LogP contribution in [0.25, 0.3) is 0 Å². The highest BCUT2D eigenvalue weighted by molar-refractivity contribution is 5.26. The fourth-order valence-corrected chi connectivity index (χ4v) is 3.66. The van der Waals surface area contributed by atoms with Crippen LogP contribution in [0.4, 0.5) is 0 Å². The summed E-state index contributed by atoms with van der Waals surface area (Å²) in [5.41, 5.74) is 2.97. The molecule has 3 aliphatic rings. The maximum atomic E-state index is 5.39. The van der Waals surface area contributed by atoms with E-state index in [0.717, 1.165) is 19.4 Å². The van der Waals surface area contributed by atoms with Crippen molar-refractivity contribution in [2.24, 2.45) is 0 Å². The van der Waals surface area contributed by atoms with E-state index in [-0.39, 0.29) is 6.10 Å². The van der Waals surface area contributed by atoms with Gasteiger partial charge < -0.3 is 9.64 Å². The van der Waals surface area contributed by atoms with E-state index in [9.17, 15) is 0 Å². The third kappa shape index (κ3) is 4.66. The zero-order chi connectivity index (χ0) is 16.1. The van der Waals surface area contributed by atoms with E-state index in [2.05, 4.69) is 53.3 Å². The molecule has 2 aliphatic carbocycles. The van der Waals surface area contributed by atoms with Crippen LogP contribution in [0, 0.1) is 0 Å². The number of hydrogen-bond acceptors (Lipinski definition) is 3. The summed E-state index contributed by atoms with van der Waals surface area (Å²) in [7, 11) is 4.06. The molecule has 0 aromatic heterocycles. The smallest absolute Gasteiger partial charge is 0.0789 e. The minimum Gasteiger partial charge on any atom is -0.377 e. The highest BCUT2D eigenvalue weighted by Crippen LogP contribution is 2.22. The Morgan fingerprint density at radius 2 is 2.04 bits per heavy atom. The molecule has 1 saturated heterocycles. The van der Waals surface area contributed by atoms with Crippen LogP contribution >= 0.6 is 0 Å². The summed E-state index contributed by atoms with van der Waals surface area (Å²) in [6, 6.07) is 0.618. The molecule has 23 heavy (non-hydrogen) atoms. The molecule has 1 aliphatic heterocycles. The number of nitrogens with zero attached hydrogens (tertiary/aromatic N) is 2. The number of rotatable bonds is 5. The quantitative estimate of drug-likeness (QED) is 0.775. The Bertz CT molecular complexity index is 518. The molecule has 1 heterocycles. The monoisotopic (exact) mass is 314 g/mol. The van der Waals surface area contributed by atoms with Crippen molar-refractivity contribution >= 4 is 0 Å². The molecular formula is C20H30N2O. The van der Waals surface area contributed by atoms with Crippen LogP contribution in [0.1, 0.15) is 25.7 Å².